The Kier molecular flexibility index (Phi) is 4.67. The fraction of sp³-hybridized carbons (Fsp3) is 0.0833. The van der Waals surface area contributed by atoms with E-state index in [1.54, 1.807) is 0 Å². The van der Waals surface area contributed by atoms with Gasteiger partial charge in [0.2, 0.25) is 0 Å². The molecule has 0 bridgehead atoms. The van der Waals surface area contributed by atoms with Crippen molar-refractivity contribution in [1.82, 2.24) is 0 Å². The Morgan fingerprint density at radius 3 is 0.913 bits per heavy atom. The van der Waals surface area contributed by atoms with Crippen LogP contribution in [-0.2, 0) is 6.61 Å². The van der Waals surface area contributed by atoms with E-state index in [2.05, 4.69) is 0 Å². The standard InChI is InChI=1S/C12H8O11/c13-1-2-3(8(14)15)5(10(18)19)7(12(22)23)6(11(20)21)4(2)9(16)17/h13H,1H2,(H,14,15)(H,16,17)(H,18,19)(H,20,21)(H,22,23). The third kappa shape index (κ3) is 2.80. The van der Waals surface area contributed by atoms with Crippen molar-refractivity contribution >= 4 is 29.8 Å². The highest BCUT2D eigenvalue weighted by molar-refractivity contribution is 6.18. The Hall–Kier alpha value is -3.47. The van der Waals surface area contributed by atoms with Gasteiger partial charge in [0.25, 0.3) is 0 Å². The van der Waals surface area contributed by atoms with Crippen LogP contribution in [0.4, 0.5) is 0 Å². The third-order valence-electron chi connectivity index (χ3n) is 2.83. The number of carbonyl (C=O) groups is 5. The van der Waals surface area contributed by atoms with Crippen molar-refractivity contribution in [3.05, 3.63) is 33.4 Å². The normalized spacial score (nSPS) is 10.1. The summed E-state index contributed by atoms with van der Waals surface area (Å²) in [6.07, 6.45) is 0. The van der Waals surface area contributed by atoms with E-state index >= 15 is 0 Å². The minimum atomic E-state index is -2.14. The lowest BCUT2D eigenvalue weighted by Gasteiger charge is -2.16. The van der Waals surface area contributed by atoms with Gasteiger partial charge in [-0.15, -0.1) is 0 Å². The number of carboxylic acids is 5. The van der Waals surface area contributed by atoms with Crippen molar-refractivity contribution in [2.75, 3.05) is 0 Å². The minimum absolute atomic E-state index is 1.02. The number of hydrogen-bond donors (Lipinski definition) is 6. The molecule has 122 valence electrons. The summed E-state index contributed by atoms with van der Waals surface area (Å²) in [6.45, 7) is -1.33. The van der Waals surface area contributed by atoms with Crippen LogP contribution in [0, 0.1) is 0 Å². The maximum atomic E-state index is 11.2. The molecule has 0 saturated carbocycles. The average Bonchev–Trinajstić information content (AvgIpc) is 2.42. The van der Waals surface area contributed by atoms with E-state index in [1.807, 2.05) is 0 Å². The second-order valence-corrected chi connectivity index (χ2v) is 4.04. The van der Waals surface area contributed by atoms with Gasteiger partial charge in [-0.1, -0.05) is 0 Å². The first-order valence-corrected chi connectivity index (χ1v) is 5.56. The predicted molar refractivity (Wildman–Crippen MR) is 67.2 cm³/mol. The average molecular weight is 328 g/mol. The molecule has 0 saturated heterocycles. The highest BCUT2D eigenvalue weighted by atomic mass is 16.4. The van der Waals surface area contributed by atoms with Crippen LogP contribution in [-0.4, -0.2) is 60.5 Å². The van der Waals surface area contributed by atoms with Crippen LogP contribution in [0.1, 0.15) is 57.4 Å². The zero-order valence-electron chi connectivity index (χ0n) is 10.9. The largest absolute Gasteiger partial charge is 0.478 e. The summed E-state index contributed by atoms with van der Waals surface area (Å²) in [5, 5.41) is 54.4. The Labute approximate surface area is 125 Å². The van der Waals surface area contributed by atoms with Gasteiger partial charge in [-0.2, -0.15) is 0 Å². The van der Waals surface area contributed by atoms with Gasteiger partial charge in [-0.3, -0.25) is 0 Å². The zero-order valence-corrected chi connectivity index (χ0v) is 10.9. The molecular weight excluding hydrogens is 320 g/mol. The van der Waals surface area contributed by atoms with Crippen molar-refractivity contribution in [2.45, 2.75) is 6.61 Å². The number of benzene rings is 1. The summed E-state index contributed by atoms with van der Waals surface area (Å²) in [4.78, 5) is 56.1. The van der Waals surface area contributed by atoms with Crippen molar-refractivity contribution in [3.8, 4) is 0 Å². The number of aromatic carboxylic acids is 5. The summed E-state index contributed by atoms with van der Waals surface area (Å²) in [7, 11) is 0. The van der Waals surface area contributed by atoms with Crippen LogP contribution in [0.3, 0.4) is 0 Å². The second kappa shape index (κ2) is 6.11. The van der Waals surface area contributed by atoms with Gasteiger partial charge < -0.3 is 30.6 Å². The SMILES string of the molecule is O=C(O)c1c(CO)c(C(=O)O)c(C(=O)O)c(C(=O)O)c1C(=O)O. The van der Waals surface area contributed by atoms with E-state index in [1.165, 1.54) is 0 Å². The molecule has 0 atom stereocenters. The third-order valence-corrected chi connectivity index (χ3v) is 2.83. The van der Waals surface area contributed by atoms with Gasteiger partial charge in [0.15, 0.2) is 0 Å². The van der Waals surface area contributed by atoms with Crippen molar-refractivity contribution in [1.29, 1.82) is 0 Å². The van der Waals surface area contributed by atoms with Crippen molar-refractivity contribution in [2.24, 2.45) is 0 Å². The van der Waals surface area contributed by atoms with Gasteiger partial charge in [0.1, 0.15) is 0 Å². The summed E-state index contributed by atoms with van der Waals surface area (Å²) in [6, 6.07) is 0. The van der Waals surface area contributed by atoms with Crippen LogP contribution < -0.4 is 0 Å². The van der Waals surface area contributed by atoms with Crippen LogP contribution in [0.15, 0.2) is 0 Å². The van der Waals surface area contributed by atoms with Gasteiger partial charge in [-0.25, -0.2) is 24.0 Å². The highest BCUT2D eigenvalue weighted by Crippen LogP contribution is 2.30. The lowest BCUT2D eigenvalue weighted by Crippen LogP contribution is -2.26. The van der Waals surface area contributed by atoms with E-state index < -0.39 is 69.8 Å². The Morgan fingerprint density at radius 1 is 0.522 bits per heavy atom. The number of hydrogen-bond acceptors (Lipinski definition) is 6. The lowest BCUT2D eigenvalue weighted by molar-refractivity contribution is 0.0606. The van der Waals surface area contributed by atoms with Crippen LogP contribution in [0.25, 0.3) is 0 Å². The van der Waals surface area contributed by atoms with E-state index in [4.69, 9.17) is 25.5 Å². The van der Waals surface area contributed by atoms with Gasteiger partial charge in [0, 0.05) is 5.56 Å². The van der Waals surface area contributed by atoms with Gasteiger partial charge >= 0.3 is 29.8 Å². The molecule has 23 heavy (non-hydrogen) atoms. The molecule has 0 fully saturated rings. The number of aliphatic hydroxyl groups excluding tert-OH is 1. The van der Waals surface area contributed by atoms with Crippen LogP contribution in [0.2, 0.25) is 0 Å². The molecule has 0 aliphatic rings. The number of rotatable bonds is 6. The van der Waals surface area contributed by atoms with Crippen molar-refractivity contribution < 1.29 is 54.6 Å². The predicted octanol–water partition coefficient (Wildman–Crippen LogP) is -0.330. The molecule has 6 N–H and O–H groups in total. The first kappa shape index (κ1) is 17.6. The van der Waals surface area contributed by atoms with Crippen molar-refractivity contribution in [3.63, 3.8) is 0 Å². The monoisotopic (exact) mass is 328 g/mol. The van der Waals surface area contributed by atoms with E-state index in [-0.39, 0.29) is 0 Å². The lowest BCUT2D eigenvalue weighted by atomic mass is 9.86. The highest BCUT2D eigenvalue weighted by Gasteiger charge is 2.37. The summed E-state index contributed by atoms with van der Waals surface area (Å²) < 4.78 is 0. The molecular formula is C12H8O11. The fourth-order valence-electron chi connectivity index (χ4n) is 2.07. The molecule has 0 spiro atoms. The maximum Gasteiger partial charge on any atom is 0.337 e. The fourth-order valence-corrected chi connectivity index (χ4v) is 2.07. The molecule has 1 aromatic carbocycles. The Bertz CT molecular complexity index is 706. The molecule has 11 nitrogen and oxygen atoms in total. The van der Waals surface area contributed by atoms with Crippen LogP contribution >= 0.6 is 0 Å². The first-order chi connectivity index (χ1) is 10.6. The maximum absolute atomic E-state index is 11.2. The molecule has 0 unspecified atom stereocenters. The minimum Gasteiger partial charge on any atom is -0.478 e. The quantitative estimate of drug-likeness (QED) is 0.398. The van der Waals surface area contributed by atoms with Crippen LogP contribution in [0.5, 0.6) is 0 Å². The number of carboxylic acid groups (broad SMARTS) is 5. The summed E-state index contributed by atoms with van der Waals surface area (Å²) >= 11 is 0. The second-order valence-electron chi connectivity index (χ2n) is 4.04. The zero-order chi connectivity index (χ0) is 18.1. The molecule has 0 aromatic heterocycles. The molecule has 11 heteroatoms. The molecule has 0 heterocycles. The molecule has 1 rings (SSSR count). The smallest absolute Gasteiger partial charge is 0.337 e. The Morgan fingerprint density at radius 2 is 0.739 bits per heavy atom. The van der Waals surface area contributed by atoms with Gasteiger partial charge in [0.05, 0.1) is 34.4 Å². The molecule has 0 aliphatic carbocycles. The number of aliphatic hydroxyl groups is 1. The Balaban J connectivity index is 4.37. The molecule has 0 aliphatic heterocycles. The molecule has 0 radical (unpaired) electrons. The van der Waals surface area contributed by atoms with E-state index in [9.17, 15) is 29.1 Å². The molecule has 0 amide bonds. The van der Waals surface area contributed by atoms with E-state index in [0.29, 0.717) is 0 Å². The molecule has 1 aromatic rings. The first-order valence-electron chi connectivity index (χ1n) is 5.56. The van der Waals surface area contributed by atoms with E-state index in [0.717, 1.165) is 0 Å². The topological polar surface area (TPSA) is 207 Å². The van der Waals surface area contributed by atoms with Gasteiger partial charge in [-0.05, 0) is 0 Å². The summed E-state index contributed by atoms with van der Waals surface area (Å²) in [5.74, 6) is -10.4. The summed E-state index contributed by atoms with van der Waals surface area (Å²) in [5.41, 5.74) is -8.01.